The summed E-state index contributed by atoms with van der Waals surface area (Å²) in [5.41, 5.74) is 0. The molecule has 0 aromatic rings. The zero-order valence-electron chi connectivity index (χ0n) is 12.3. The fourth-order valence-corrected chi connectivity index (χ4v) is 2.34. The number of carbonyl (C=O) groups is 1. The Kier molecular flexibility index (Phi) is 14.0. The average molecular weight is 252 g/mol. The van der Waals surface area contributed by atoms with Crippen LogP contribution in [0.25, 0.3) is 0 Å². The lowest BCUT2D eigenvalue weighted by Gasteiger charge is -2.09. The molecule has 0 heterocycles. The molecule has 1 unspecified atom stereocenters. The van der Waals surface area contributed by atoms with Crippen LogP contribution in [0.3, 0.4) is 0 Å². The van der Waals surface area contributed by atoms with Crippen LogP contribution in [0.15, 0.2) is 12.7 Å². The van der Waals surface area contributed by atoms with E-state index >= 15 is 0 Å². The molecule has 0 N–H and O–H groups in total. The van der Waals surface area contributed by atoms with Crippen molar-refractivity contribution >= 4 is 6.29 Å². The van der Waals surface area contributed by atoms with Gasteiger partial charge in [0.2, 0.25) is 0 Å². The molecule has 1 nitrogen and oxygen atoms in total. The third kappa shape index (κ3) is 11.9. The third-order valence-electron chi connectivity index (χ3n) is 3.60. The number of carbonyl (C=O) groups excluding carboxylic acids is 1. The summed E-state index contributed by atoms with van der Waals surface area (Å²) in [6.45, 7) is 5.97. The minimum atomic E-state index is 0.325. The Morgan fingerprint density at radius 1 is 0.889 bits per heavy atom. The summed E-state index contributed by atoms with van der Waals surface area (Å²) >= 11 is 0. The molecule has 0 bridgehead atoms. The molecule has 0 aliphatic heterocycles. The second-order valence-corrected chi connectivity index (χ2v) is 5.38. The van der Waals surface area contributed by atoms with Crippen LogP contribution in [0.1, 0.15) is 84.0 Å². The smallest absolute Gasteiger partial charge is 0.123 e. The summed E-state index contributed by atoms with van der Waals surface area (Å²) in [5, 5.41) is 0. The lowest BCUT2D eigenvalue weighted by molar-refractivity contribution is -0.111. The van der Waals surface area contributed by atoms with Gasteiger partial charge in [-0.3, -0.25) is 0 Å². The van der Waals surface area contributed by atoms with Gasteiger partial charge in [-0.15, -0.1) is 6.58 Å². The SMILES string of the molecule is C=CCCCCCCC(C=O)CCCCCCC. The summed E-state index contributed by atoms with van der Waals surface area (Å²) in [4.78, 5) is 11.0. The Hall–Kier alpha value is -0.590. The number of unbranched alkanes of at least 4 members (excludes halogenated alkanes) is 8. The molecule has 0 saturated heterocycles. The van der Waals surface area contributed by atoms with Gasteiger partial charge in [0.05, 0.1) is 0 Å². The predicted molar refractivity (Wildman–Crippen MR) is 80.8 cm³/mol. The van der Waals surface area contributed by atoms with E-state index in [4.69, 9.17) is 0 Å². The quantitative estimate of drug-likeness (QED) is 0.220. The first-order chi connectivity index (χ1) is 8.85. The Morgan fingerprint density at radius 2 is 1.44 bits per heavy atom. The van der Waals surface area contributed by atoms with Crippen LogP contribution in [0.5, 0.6) is 0 Å². The van der Waals surface area contributed by atoms with Gasteiger partial charge in [0, 0.05) is 5.92 Å². The largest absolute Gasteiger partial charge is 0.303 e. The van der Waals surface area contributed by atoms with Crippen LogP contribution in [0, 0.1) is 5.92 Å². The lowest BCUT2D eigenvalue weighted by atomic mass is 9.95. The van der Waals surface area contributed by atoms with Crippen LogP contribution in [-0.2, 0) is 4.79 Å². The van der Waals surface area contributed by atoms with Gasteiger partial charge in [-0.05, 0) is 25.7 Å². The fourth-order valence-electron chi connectivity index (χ4n) is 2.34. The Bertz CT molecular complexity index is 186. The van der Waals surface area contributed by atoms with E-state index in [0.29, 0.717) is 5.92 Å². The normalized spacial score (nSPS) is 12.3. The maximum atomic E-state index is 11.0. The molecule has 0 radical (unpaired) electrons. The maximum absolute atomic E-state index is 11.0. The molecular weight excluding hydrogens is 220 g/mol. The molecule has 0 amide bonds. The van der Waals surface area contributed by atoms with Crippen LogP contribution >= 0.6 is 0 Å². The highest BCUT2D eigenvalue weighted by atomic mass is 16.1. The monoisotopic (exact) mass is 252 g/mol. The standard InChI is InChI=1S/C17H32O/c1-3-5-7-9-11-13-15-17(16-18)14-12-10-8-6-4-2/h3,16-17H,1,4-15H2,2H3. The Morgan fingerprint density at radius 3 is 1.94 bits per heavy atom. The van der Waals surface area contributed by atoms with Crippen molar-refractivity contribution in [2.45, 2.75) is 84.0 Å². The van der Waals surface area contributed by atoms with Crippen LogP contribution in [0.2, 0.25) is 0 Å². The Balaban J connectivity index is 3.35. The summed E-state index contributed by atoms with van der Waals surface area (Å²) in [7, 11) is 0. The van der Waals surface area contributed by atoms with Gasteiger partial charge in [-0.1, -0.05) is 64.4 Å². The lowest BCUT2D eigenvalue weighted by Crippen LogP contribution is -2.02. The minimum absolute atomic E-state index is 0.325. The number of hydrogen-bond donors (Lipinski definition) is 0. The zero-order valence-corrected chi connectivity index (χ0v) is 12.3. The molecule has 106 valence electrons. The molecule has 0 aromatic carbocycles. The van der Waals surface area contributed by atoms with E-state index < -0.39 is 0 Å². The first kappa shape index (κ1) is 17.4. The molecule has 0 spiro atoms. The minimum Gasteiger partial charge on any atom is -0.303 e. The molecule has 0 rings (SSSR count). The van der Waals surface area contributed by atoms with Gasteiger partial charge >= 0.3 is 0 Å². The number of aldehydes is 1. The van der Waals surface area contributed by atoms with Crippen LogP contribution < -0.4 is 0 Å². The molecule has 0 aromatic heterocycles. The first-order valence-electron chi connectivity index (χ1n) is 7.91. The number of allylic oxidation sites excluding steroid dienone is 1. The van der Waals surface area contributed by atoms with Crippen molar-refractivity contribution in [1.29, 1.82) is 0 Å². The van der Waals surface area contributed by atoms with Crippen molar-refractivity contribution in [1.82, 2.24) is 0 Å². The van der Waals surface area contributed by atoms with Gasteiger partial charge in [0.15, 0.2) is 0 Å². The maximum Gasteiger partial charge on any atom is 0.123 e. The summed E-state index contributed by atoms with van der Waals surface area (Å²) < 4.78 is 0. The first-order valence-corrected chi connectivity index (χ1v) is 7.91. The number of rotatable bonds is 14. The van der Waals surface area contributed by atoms with Crippen LogP contribution in [-0.4, -0.2) is 6.29 Å². The molecule has 1 atom stereocenters. The molecule has 0 saturated carbocycles. The van der Waals surface area contributed by atoms with E-state index in [9.17, 15) is 4.79 Å². The van der Waals surface area contributed by atoms with Crippen molar-refractivity contribution in [3.8, 4) is 0 Å². The van der Waals surface area contributed by atoms with Crippen molar-refractivity contribution in [3.63, 3.8) is 0 Å². The average Bonchev–Trinajstić information content (AvgIpc) is 2.40. The van der Waals surface area contributed by atoms with Gasteiger partial charge in [-0.2, -0.15) is 0 Å². The second kappa shape index (κ2) is 14.5. The van der Waals surface area contributed by atoms with Gasteiger partial charge in [-0.25, -0.2) is 0 Å². The van der Waals surface area contributed by atoms with Crippen molar-refractivity contribution in [3.05, 3.63) is 12.7 Å². The van der Waals surface area contributed by atoms with Crippen LogP contribution in [0.4, 0.5) is 0 Å². The number of hydrogen-bond acceptors (Lipinski definition) is 1. The molecular formula is C17H32O. The van der Waals surface area contributed by atoms with Gasteiger partial charge in [0.1, 0.15) is 6.29 Å². The molecule has 0 fully saturated rings. The highest BCUT2D eigenvalue weighted by Crippen LogP contribution is 2.17. The van der Waals surface area contributed by atoms with E-state index in [-0.39, 0.29) is 0 Å². The van der Waals surface area contributed by atoms with Crippen molar-refractivity contribution < 1.29 is 4.79 Å². The molecule has 0 aliphatic rings. The van der Waals surface area contributed by atoms with Gasteiger partial charge in [0.25, 0.3) is 0 Å². The predicted octanol–water partition coefficient (Wildman–Crippen LogP) is 5.69. The topological polar surface area (TPSA) is 17.1 Å². The zero-order chi connectivity index (χ0) is 13.5. The Labute approximate surface area is 114 Å². The van der Waals surface area contributed by atoms with E-state index in [2.05, 4.69) is 13.5 Å². The summed E-state index contributed by atoms with van der Waals surface area (Å²) in [5.74, 6) is 0.325. The second-order valence-electron chi connectivity index (χ2n) is 5.38. The third-order valence-corrected chi connectivity index (χ3v) is 3.60. The van der Waals surface area contributed by atoms with Crippen molar-refractivity contribution in [2.75, 3.05) is 0 Å². The molecule has 1 heteroatoms. The highest BCUT2D eigenvalue weighted by Gasteiger charge is 2.06. The van der Waals surface area contributed by atoms with E-state index in [1.54, 1.807) is 0 Å². The van der Waals surface area contributed by atoms with E-state index in [1.165, 1.54) is 64.1 Å². The molecule has 18 heavy (non-hydrogen) atoms. The van der Waals surface area contributed by atoms with E-state index in [0.717, 1.165) is 19.3 Å². The highest BCUT2D eigenvalue weighted by molar-refractivity contribution is 5.53. The summed E-state index contributed by atoms with van der Waals surface area (Å²) in [6.07, 6.45) is 18.1. The van der Waals surface area contributed by atoms with Crippen molar-refractivity contribution in [2.24, 2.45) is 5.92 Å². The van der Waals surface area contributed by atoms with E-state index in [1.807, 2.05) is 6.08 Å². The fraction of sp³-hybridized carbons (Fsp3) is 0.824. The van der Waals surface area contributed by atoms with Gasteiger partial charge < -0.3 is 4.79 Å². The molecule has 0 aliphatic carbocycles. The summed E-state index contributed by atoms with van der Waals surface area (Å²) in [6, 6.07) is 0.